The molecule has 0 saturated carbocycles. The predicted octanol–water partition coefficient (Wildman–Crippen LogP) is 0.888. The normalized spacial score (nSPS) is 10.4. The molecule has 0 unspecified atom stereocenters. The van der Waals surface area contributed by atoms with Crippen molar-refractivity contribution in [1.29, 1.82) is 0 Å². The van der Waals surface area contributed by atoms with Crippen LogP contribution >= 0.6 is 0 Å². The van der Waals surface area contributed by atoms with E-state index in [1.165, 1.54) is 5.56 Å². The Morgan fingerprint density at radius 1 is 1.29 bits per heavy atom. The van der Waals surface area contributed by atoms with E-state index >= 15 is 0 Å². The molecule has 72 valence electrons. The standard InChI is InChI=1S/C10H11N3O/c14-7-10-12-6-9(13-10)5-8-1-3-11-4-2-8/h1-4,6,14H,5,7H2,(H,12,13). The minimum absolute atomic E-state index is 0.0453. The minimum atomic E-state index is -0.0453. The average molecular weight is 189 g/mol. The number of nitrogens with zero attached hydrogens (tertiary/aromatic N) is 2. The van der Waals surface area contributed by atoms with Crippen molar-refractivity contribution < 1.29 is 5.11 Å². The van der Waals surface area contributed by atoms with Crippen molar-refractivity contribution in [2.45, 2.75) is 13.0 Å². The van der Waals surface area contributed by atoms with Gasteiger partial charge in [0.25, 0.3) is 0 Å². The predicted molar refractivity (Wildman–Crippen MR) is 51.6 cm³/mol. The smallest absolute Gasteiger partial charge is 0.132 e. The van der Waals surface area contributed by atoms with Gasteiger partial charge in [-0.25, -0.2) is 4.98 Å². The molecule has 2 N–H and O–H groups in total. The lowest BCUT2D eigenvalue weighted by Crippen LogP contribution is -1.90. The summed E-state index contributed by atoms with van der Waals surface area (Å²) in [4.78, 5) is 11.0. The second-order valence-electron chi connectivity index (χ2n) is 3.05. The van der Waals surface area contributed by atoms with Gasteiger partial charge in [-0.05, 0) is 17.7 Å². The van der Waals surface area contributed by atoms with Crippen LogP contribution in [0.5, 0.6) is 0 Å². The molecule has 2 rings (SSSR count). The molecule has 0 aliphatic heterocycles. The minimum Gasteiger partial charge on any atom is -0.388 e. The van der Waals surface area contributed by atoms with Gasteiger partial charge in [-0.2, -0.15) is 0 Å². The van der Waals surface area contributed by atoms with E-state index in [2.05, 4.69) is 15.0 Å². The maximum atomic E-state index is 8.81. The summed E-state index contributed by atoms with van der Waals surface area (Å²) < 4.78 is 0. The topological polar surface area (TPSA) is 61.8 Å². The number of H-pyrrole nitrogens is 1. The SMILES string of the molecule is OCc1ncc(Cc2ccncc2)[nH]1. The van der Waals surface area contributed by atoms with Crippen LogP contribution in [-0.4, -0.2) is 20.1 Å². The molecule has 0 fully saturated rings. The van der Waals surface area contributed by atoms with Crippen molar-refractivity contribution in [2.24, 2.45) is 0 Å². The third kappa shape index (κ3) is 1.97. The Kier molecular flexibility index (Phi) is 2.55. The maximum Gasteiger partial charge on any atom is 0.132 e. The van der Waals surface area contributed by atoms with Gasteiger partial charge in [-0.15, -0.1) is 0 Å². The summed E-state index contributed by atoms with van der Waals surface area (Å²) in [5, 5.41) is 8.81. The quantitative estimate of drug-likeness (QED) is 0.753. The van der Waals surface area contributed by atoms with Crippen LogP contribution in [0.1, 0.15) is 17.1 Å². The highest BCUT2D eigenvalue weighted by atomic mass is 16.3. The van der Waals surface area contributed by atoms with Gasteiger partial charge in [0.2, 0.25) is 0 Å². The summed E-state index contributed by atoms with van der Waals surface area (Å²) in [6.45, 7) is -0.0453. The molecule has 0 aliphatic carbocycles. The van der Waals surface area contributed by atoms with Gasteiger partial charge >= 0.3 is 0 Å². The molecule has 0 aromatic carbocycles. The number of pyridine rings is 1. The Morgan fingerprint density at radius 3 is 2.71 bits per heavy atom. The summed E-state index contributed by atoms with van der Waals surface area (Å²) in [5.74, 6) is 0.606. The number of imidazole rings is 1. The summed E-state index contributed by atoms with van der Waals surface area (Å²) in [6.07, 6.45) is 6.05. The number of rotatable bonds is 3. The molecule has 0 amide bonds. The fraction of sp³-hybridized carbons (Fsp3) is 0.200. The first kappa shape index (κ1) is 8.90. The molecular weight excluding hydrogens is 178 g/mol. The highest BCUT2D eigenvalue weighted by Gasteiger charge is 2.00. The molecule has 0 atom stereocenters. The maximum absolute atomic E-state index is 8.81. The Bertz CT molecular complexity index is 397. The Labute approximate surface area is 81.7 Å². The summed E-state index contributed by atoms with van der Waals surface area (Å²) in [5.41, 5.74) is 2.17. The van der Waals surface area contributed by atoms with Crippen molar-refractivity contribution in [3.05, 3.63) is 47.8 Å². The van der Waals surface area contributed by atoms with E-state index in [9.17, 15) is 0 Å². The molecule has 0 bridgehead atoms. The largest absolute Gasteiger partial charge is 0.388 e. The molecule has 2 heterocycles. The first-order valence-corrected chi connectivity index (χ1v) is 4.41. The molecule has 4 nitrogen and oxygen atoms in total. The lowest BCUT2D eigenvalue weighted by atomic mass is 10.2. The van der Waals surface area contributed by atoms with E-state index in [0.29, 0.717) is 5.82 Å². The summed E-state index contributed by atoms with van der Waals surface area (Å²) in [6, 6.07) is 3.92. The van der Waals surface area contributed by atoms with Crippen LogP contribution in [0.25, 0.3) is 0 Å². The van der Waals surface area contributed by atoms with Crippen LogP contribution < -0.4 is 0 Å². The number of nitrogens with one attached hydrogen (secondary N) is 1. The van der Waals surface area contributed by atoms with Crippen LogP contribution in [0.2, 0.25) is 0 Å². The molecule has 0 aliphatic rings. The van der Waals surface area contributed by atoms with Gasteiger partial charge in [0.05, 0.1) is 0 Å². The zero-order valence-corrected chi connectivity index (χ0v) is 7.64. The molecule has 2 aromatic heterocycles. The lowest BCUT2D eigenvalue weighted by molar-refractivity contribution is 0.272. The van der Waals surface area contributed by atoms with Crippen molar-refractivity contribution in [3.8, 4) is 0 Å². The number of aromatic nitrogens is 3. The van der Waals surface area contributed by atoms with Crippen LogP contribution in [0.3, 0.4) is 0 Å². The van der Waals surface area contributed by atoms with E-state index in [1.54, 1.807) is 18.6 Å². The lowest BCUT2D eigenvalue weighted by Gasteiger charge is -1.96. The highest BCUT2D eigenvalue weighted by Crippen LogP contribution is 2.05. The number of hydrogen-bond donors (Lipinski definition) is 2. The Morgan fingerprint density at radius 2 is 2.07 bits per heavy atom. The van der Waals surface area contributed by atoms with Gasteiger partial charge in [0.1, 0.15) is 12.4 Å². The zero-order chi connectivity index (χ0) is 9.80. The fourth-order valence-electron chi connectivity index (χ4n) is 1.30. The van der Waals surface area contributed by atoms with E-state index in [1.807, 2.05) is 12.1 Å². The molecular formula is C10H11N3O. The van der Waals surface area contributed by atoms with Crippen LogP contribution in [0.4, 0.5) is 0 Å². The van der Waals surface area contributed by atoms with E-state index in [-0.39, 0.29) is 6.61 Å². The number of aromatic amines is 1. The van der Waals surface area contributed by atoms with Gasteiger partial charge in [0.15, 0.2) is 0 Å². The first-order chi connectivity index (χ1) is 6.88. The number of aliphatic hydroxyl groups is 1. The van der Waals surface area contributed by atoms with Crippen LogP contribution in [0.15, 0.2) is 30.7 Å². The highest BCUT2D eigenvalue weighted by molar-refractivity contribution is 5.17. The first-order valence-electron chi connectivity index (χ1n) is 4.41. The van der Waals surface area contributed by atoms with Crippen molar-refractivity contribution in [2.75, 3.05) is 0 Å². The average Bonchev–Trinajstić information content (AvgIpc) is 2.67. The van der Waals surface area contributed by atoms with Crippen molar-refractivity contribution in [1.82, 2.24) is 15.0 Å². The van der Waals surface area contributed by atoms with Crippen LogP contribution in [0, 0.1) is 0 Å². The molecule has 0 spiro atoms. The molecule has 0 radical (unpaired) electrons. The number of aliphatic hydroxyl groups excluding tert-OH is 1. The molecule has 4 heteroatoms. The van der Waals surface area contributed by atoms with E-state index in [4.69, 9.17) is 5.11 Å². The molecule has 14 heavy (non-hydrogen) atoms. The zero-order valence-electron chi connectivity index (χ0n) is 7.64. The Hall–Kier alpha value is -1.68. The second kappa shape index (κ2) is 4.02. The Balaban J connectivity index is 2.11. The molecule has 0 saturated heterocycles. The summed E-state index contributed by atoms with van der Waals surface area (Å²) >= 11 is 0. The van der Waals surface area contributed by atoms with Gasteiger partial charge in [-0.1, -0.05) is 0 Å². The summed E-state index contributed by atoms with van der Waals surface area (Å²) in [7, 11) is 0. The van der Waals surface area contributed by atoms with Crippen molar-refractivity contribution >= 4 is 0 Å². The number of hydrogen-bond acceptors (Lipinski definition) is 3. The van der Waals surface area contributed by atoms with Gasteiger partial charge in [-0.3, -0.25) is 4.98 Å². The monoisotopic (exact) mass is 189 g/mol. The third-order valence-electron chi connectivity index (χ3n) is 1.97. The van der Waals surface area contributed by atoms with Crippen molar-refractivity contribution in [3.63, 3.8) is 0 Å². The molecule has 2 aromatic rings. The third-order valence-corrected chi connectivity index (χ3v) is 1.97. The fourth-order valence-corrected chi connectivity index (χ4v) is 1.30. The second-order valence-corrected chi connectivity index (χ2v) is 3.05. The van der Waals surface area contributed by atoms with Gasteiger partial charge in [0, 0.05) is 30.7 Å². The van der Waals surface area contributed by atoms with Gasteiger partial charge < -0.3 is 10.1 Å². The van der Waals surface area contributed by atoms with E-state index in [0.717, 1.165) is 12.1 Å². The van der Waals surface area contributed by atoms with E-state index < -0.39 is 0 Å². The van der Waals surface area contributed by atoms with Crippen LogP contribution in [-0.2, 0) is 13.0 Å².